The minimum Gasteiger partial charge on any atom is -0.493 e. The lowest BCUT2D eigenvalue weighted by molar-refractivity contribution is 0.0925. The summed E-state index contributed by atoms with van der Waals surface area (Å²) in [6.07, 6.45) is 0.758. The van der Waals surface area contributed by atoms with Gasteiger partial charge in [0.05, 0.1) is 35.1 Å². The van der Waals surface area contributed by atoms with Crippen molar-refractivity contribution >= 4 is 16.9 Å². The van der Waals surface area contributed by atoms with E-state index in [1.807, 2.05) is 39.0 Å². The van der Waals surface area contributed by atoms with E-state index >= 15 is 0 Å². The zero-order chi connectivity index (χ0) is 18.3. The molecule has 1 unspecified atom stereocenters. The number of aromatic nitrogens is 2. The van der Waals surface area contributed by atoms with Crippen molar-refractivity contribution in [2.75, 3.05) is 6.61 Å². The highest BCUT2D eigenvalue weighted by atomic mass is 16.5. The van der Waals surface area contributed by atoms with Crippen molar-refractivity contribution in [3.8, 4) is 5.75 Å². The molecule has 0 fully saturated rings. The zero-order valence-electron chi connectivity index (χ0n) is 15.2. The standard InChI is InChI=1S/C21H21N3O2/c1-12-4-7-20-16(10-12)17(8-9-26-20)24-21(25)15-5-6-18-19(11-15)23-14(3)13(2)22-18/h4-7,10-11,17H,8-9H2,1-3H3,(H,24,25). The van der Waals surface area contributed by atoms with Gasteiger partial charge in [-0.1, -0.05) is 17.7 Å². The van der Waals surface area contributed by atoms with E-state index in [4.69, 9.17) is 4.74 Å². The summed E-state index contributed by atoms with van der Waals surface area (Å²) in [5.74, 6) is 0.744. The molecule has 1 aliphatic rings. The summed E-state index contributed by atoms with van der Waals surface area (Å²) in [6.45, 7) is 6.51. The lowest BCUT2D eigenvalue weighted by Gasteiger charge is -2.27. The Kier molecular flexibility index (Phi) is 4.07. The first-order valence-electron chi connectivity index (χ1n) is 8.80. The second kappa shape index (κ2) is 6.41. The van der Waals surface area contributed by atoms with E-state index in [1.54, 1.807) is 12.1 Å². The Morgan fingerprint density at radius 1 is 1.04 bits per heavy atom. The normalized spacial score (nSPS) is 16.0. The molecule has 1 aliphatic heterocycles. The molecule has 26 heavy (non-hydrogen) atoms. The molecule has 132 valence electrons. The molecule has 0 saturated carbocycles. The van der Waals surface area contributed by atoms with Gasteiger partial charge in [0.15, 0.2) is 0 Å². The highest BCUT2D eigenvalue weighted by Crippen LogP contribution is 2.32. The number of ether oxygens (including phenoxy) is 1. The molecule has 2 heterocycles. The van der Waals surface area contributed by atoms with E-state index in [-0.39, 0.29) is 11.9 Å². The van der Waals surface area contributed by atoms with Gasteiger partial charge in [-0.2, -0.15) is 0 Å². The van der Waals surface area contributed by atoms with Crippen molar-refractivity contribution < 1.29 is 9.53 Å². The van der Waals surface area contributed by atoms with E-state index in [0.717, 1.165) is 45.7 Å². The molecular formula is C21H21N3O2. The fourth-order valence-electron chi connectivity index (χ4n) is 3.28. The maximum atomic E-state index is 12.8. The predicted octanol–water partition coefficient (Wildman–Crippen LogP) is 3.81. The van der Waals surface area contributed by atoms with E-state index in [2.05, 4.69) is 21.4 Å². The van der Waals surface area contributed by atoms with Gasteiger partial charge in [-0.05, 0) is 45.0 Å². The number of nitrogens with zero attached hydrogens (tertiary/aromatic N) is 2. The molecule has 0 aliphatic carbocycles. The molecule has 2 aromatic carbocycles. The summed E-state index contributed by atoms with van der Waals surface area (Å²) < 4.78 is 5.71. The molecular weight excluding hydrogens is 326 g/mol. The highest BCUT2D eigenvalue weighted by molar-refractivity contribution is 5.97. The van der Waals surface area contributed by atoms with Crippen molar-refractivity contribution in [2.24, 2.45) is 0 Å². The van der Waals surface area contributed by atoms with E-state index in [9.17, 15) is 4.79 Å². The van der Waals surface area contributed by atoms with Crippen LogP contribution in [0.15, 0.2) is 36.4 Å². The van der Waals surface area contributed by atoms with Gasteiger partial charge >= 0.3 is 0 Å². The Morgan fingerprint density at radius 3 is 2.62 bits per heavy atom. The maximum absolute atomic E-state index is 12.8. The van der Waals surface area contributed by atoms with Crippen LogP contribution in [0.2, 0.25) is 0 Å². The lowest BCUT2D eigenvalue weighted by Crippen LogP contribution is -2.32. The molecule has 0 saturated heterocycles. The van der Waals surface area contributed by atoms with E-state index in [1.165, 1.54) is 0 Å². The van der Waals surface area contributed by atoms with Gasteiger partial charge in [-0.15, -0.1) is 0 Å². The van der Waals surface area contributed by atoms with Crippen molar-refractivity contribution in [3.63, 3.8) is 0 Å². The minimum absolute atomic E-state index is 0.0484. The summed E-state index contributed by atoms with van der Waals surface area (Å²) >= 11 is 0. The molecule has 5 nitrogen and oxygen atoms in total. The van der Waals surface area contributed by atoms with Crippen LogP contribution in [0.25, 0.3) is 11.0 Å². The van der Waals surface area contributed by atoms with Crippen LogP contribution in [0.4, 0.5) is 0 Å². The van der Waals surface area contributed by atoms with E-state index < -0.39 is 0 Å². The molecule has 0 bridgehead atoms. The van der Waals surface area contributed by atoms with Crippen LogP contribution in [0, 0.1) is 20.8 Å². The van der Waals surface area contributed by atoms with Gasteiger partial charge in [-0.25, -0.2) is 9.97 Å². The third kappa shape index (κ3) is 3.01. The summed E-state index contributed by atoms with van der Waals surface area (Å²) in [5.41, 5.74) is 6.11. The monoisotopic (exact) mass is 347 g/mol. The summed E-state index contributed by atoms with van der Waals surface area (Å²) in [4.78, 5) is 21.9. The summed E-state index contributed by atoms with van der Waals surface area (Å²) in [6, 6.07) is 11.5. The zero-order valence-corrected chi connectivity index (χ0v) is 15.2. The first kappa shape index (κ1) is 16.5. The number of nitrogens with one attached hydrogen (secondary N) is 1. The average molecular weight is 347 g/mol. The number of fused-ring (bicyclic) bond motifs is 2. The van der Waals surface area contributed by atoms with E-state index in [0.29, 0.717) is 12.2 Å². The second-order valence-corrected chi connectivity index (χ2v) is 6.80. The van der Waals surface area contributed by atoms with Gasteiger partial charge in [0.25, 0.3) is 5.91 Å². The predicted molar refractivity (Wildman–Crippen MR) is 101 cm³/mol. The molecule has 1 atom stereocenters. The molecule has 0 spiro atoms. The van der Waals surface area contributed by atoms with Crippen LogP contribution in [0.1, 0.15) is 45.3 Å². The van der Waals surface area contributed by atoms with Crippen LogP contribution < -0.4 is 10.1 Å². The average Bonchev–Trinajstić information content (AvgIpc) is 2.63. The minimum atomic E-state index is -0.105. The largest absolute Gasteiger partial charge is 0.493 e. The molecule has 1 amide bonds. The Labute approximate surface area is 152 Å². The van der Waals surface area contributed by atoms with Gasteiger partial charge < -0.3 is 10.1 Å². The van der Waals surface area contributed by atoms with Crippen molar-refractivity contribution in [2.45, 2.75) is 33.2 Å². The van der Waals surface area contributed by atoms with Crippen molar-refractivity contribution in [1.82, 2.24) is 15.3 Å². The first-order chi connectivity index (χ1) is 12.5. The lowest BCUT2D eigenvalue weighted by atomic mass is 9.98. The Morgan fingerprint density at radius 2 is 1.81 bits per heavy atom. The van der Waals surface area contributed by atoms with Gasteiger partial charge in [0.2, 0.25) is 0 Å². The smallest absolute Gasteiger partial charge is 0.251 e. The Hall–Kier alpha value is -2.95. The van der Waals surface area contributed by atoms with Crippen LogP contribution in [-0.2, 0) is 0 Å². The number of hydrogen-bond acceptors (Lipinski definition) is 4. The SMILES string of the molecule is Cc1ccc2c(c1)C(NC(=O)c1ccc3nc(C)c(C)nc3c1)CCO2. The first-order valence-corrected chi connectivity index (χ1v) is 8.80. The second-order valence-electron chi connectivity index (χ2n) is 6.80. The number of hydrogen-bond donors (Lipinski definition) is 1. The maximum Gasteiger partial charge on any atom is 0.251 e. The quantitative estimate of drug-likeness (QED) is 0.766. The molecule has 3 aromatic rings. The van der Waals surface area contributed by atoms with Crippen LogP contribution in [0.5, 0.6) is 5.75 Å². The highest BCUT2D eigenvalue weighted by Gasteiger charge is 2.23. The summed E-state index contributed by atoms with van der Waals surface area (Å²) in [5, 5.41) is 3.14. The van der Waals surface area contributed by atoms with Crippen LogP contribution in [0.3, 0.4) is 0 Å². The fraction of sp³-hybridized carbons (Fsp3) is 0.286. The molecule has 5 heteroatoms. The number of rotatable bonds is 2. The topological polar surface area (TPSA) is 64.1 Å². The van der Waals surface area contributed by atoms with Gasteiger partial charge in [0, 0.05) is 17.5 Å². The Balaban J connectivity index is 1.62. The molecule has 1 N–H and O–H groups in total. The number of benzene rings is 2. The van der Waals surface area contributed by atoms with Crippen molar-refractivity contribution in [1.29, 1.82) is 0 Å². The van der Waals surface area contributed by atoms with Crippen molar-refractivity contribution in [3.05, 3.63) is 64.5 Å². The molecule has 4 rings (SSSR count). The third-order valence-electron chi connectivity index (χ3n) is 4.85. The fourth-order valence-corrected chi connectivity index (χ4v) is 3.28. The molecule has 0 radical (unpaired) electrons. The number of carbonyl (C=O) groups is 1. The van der Waals surface area contributed by atoms with Crippen LogP contribution in [-0.4, -0.2) is 22.5 Å². The number of amides is 1. The summed E-state index contributed by atoms with van der Waals surface area (Å²) in [7, 11) is 0. The van der Waals surface area contributed by atoms with Gasteiger partial charge in [-0.3, -0.25) is 4.79 Å². The molecule has 1 aromatic heterocycles. The van der Waals surface area contributed by atoms with Crippen LogP contribution >= 0.6 is 0 Å². The third-order valence-corrected chi connectivity index (χ3v) is 4.85. The number of aryl methyl sites for hydroxylation is 3. The van der Waals surface area contributed by atoms with Gasteiger partial charge in [0.1, 0.15) is 5.75 Å². The number of carbonyl (C=O) groups excluding carboxylic acids is 1. The Bertz CT molecular complexity index is 1010.